The van der Waals surface area contributed by atoms with Crippen molar-refractivity contribution in [2.45, 2.75) is 18.9 Å². The fourth-order valence-corrected chi connectivity index (χ4v) is 1.44. The first-order valence-corrected chi connectivity index (χ1v) is 5.45. The highest BCUT2D eigenvalue weighted by atomic mass is 16.4. The Morgan fingerprint density at radius 2 is 2.12 bits per heavy atom. The molecule has 0 bridgehead atoms. The van der Waals surface area contributed by atoms with Crippen LogP contribution in [0, 0.1) is 5.92 Å². The quantitative estimate of drug-likeness (QED) is 0.584. The molecule has 0 aromatic rings. The van der Waals surface area contributed by atoms with Crippen molar-refractivity contribution in [2.75, 3.05) is 27.2 Å². The standard InChI is InChI=1S/C10H19N3O3/c1-11-5-6-13(2)10(16)12-8(9(14)15)7-3-4-7/h7-8,11H,3-6H2,1-2H3,(H,12,16)(H,14,15). The van der Waals surface area contributed by atoms with Crippen molar-refractivity contribution in [1.82, 2.24) is 15.5 Å². The van der Waals surface area contributed by atoms with E-state index >= 15 is 0 Å². The zero-order chi connectivity index (χ0) is 12.1. The van der Waals surface area contributed by atoms with E-state index < -0.39 is 12.0 Å². The minimum Gasteiger partial charge on any atom is -0.480 e. The molecule has 92 valence electrons. The molecule has 0 heterocycles. The number of nitrogens with zero attached hydrogens (tertiary/aromatic N) is 1. The lowest BCUT2D eigenvalue weighted by molar-refractivity contribution is -0.139. The average Bonchev–Trinajstić information content (AvgIpc) is 3.05. The number of amides is 2. The maximum Gasteiger partial charge on any atom is 0.326 e. The predicted molar refractivity (Wildman–Crippen MR) is 59.2 cm³/mol. The van der Waals surface area contributed by atoms with Gasteiger partial charge in [0.05, 0.1) is 0 Å². The molecule has 1 rings (SSSR count). The molecule has 1 saturated carbocycles. The second-order valence-corrected chi connectivity index (χ2v) is 4.13. The Hall–Kier alpha value is -1.30. The highest BCUT2D eigenvalue weighted by molar-refractivity contribution is 5.83. The van der Waals surface area contributed by atoms with E-state index in [-0.39, 0.29) is 11.9 Å². The lowest BCUT2D eigenvalue weighted by Crippen LogP contribution is -2.48. The van der Waals surface area contributed by atoms with Gasteiger partial charge in [-0.15, -0.1) is 0 Å². The maximum atomic E-state index is 11.6. The molecular formula is C10H19N3O3. The average molecular weight is 229 g/mol. The summed E-state index contributed by atoms with van der Waals surface area (Å²) in [5.41, 5.74) is 0. The number of rotatable bonds is 6. The van der Waals surface area contributed by atoms with Crippen LogP contribution in [0.4, 0.5) is 4.79 Å². The van der Waals surface area contributed by atoms with E-state index in [9.17, 15) is 9.59 Å². The van der Waals surface area contributed by atoms with Gasteiger partial charge in [0.25, 0.3) is 0 Å². The van der Waals surface area contributed by atoms with Crippen molar-refractivity contribution >= 4 is 12.0 Å². The number of hydrogen-bond donors (Lipinski definition) is 3. The number of likely N-dealkylation sites (N-methyl/N-ethyl adjacent to an activating group) is 2. The number of carboxylic acids is 1. The Balaban J connectivity index is 2.38. The second-order valence-electron chi connectivity index (χ2n) is 4.13. The van der Waals surface area contributed by atoms with Crippen LogP contribution in [-0.4, -0.2) is 55.2 Å². The van der Waals surface area contributed by atoms with Crippen molar-refractivity contribution in [3.05, 3.63) is 0 Å². The van der Waals surface area contributed by atoms with E-state index in [4.69, 9.17) is 5.11 Å². The summed E-state index contributed by atoms with van der Waals surface area (Å²) >= 11 is 0. The third kappa shape index (κ3) is 3.69. The second kappa shape index (κ2) is 5.69. The molecule has 1 atom stereocenters. The van der Waals surface area contributed by atoms with Crippen LogP contribution in [0.25, 0.3) is 0 Å². The molecule has 0 saturated heterocycles. The van der Waals surface area contributed by atoms with Gasteiger partial charge >= 0.3 is 12.0 Å². The number of carboxylic acid groups (broad SMARTS) is 1. The van der Waals surface area contributed by atoms with Gasteiger partial charge in [0.15, 0.2) is 0 Å². The fourth-order valence-electron chi connectivity index (χ4n) is 1.44. The smallest absolute Gasteiger partial charge is 0.326 e. The molecule has 0 radical (unpaired) electrons. The van der Waals surface area contributed by atoms with Crippen molar-refractivity contribution < 1.29 is 14.7 Å². The van der Waals surface area contributed by atoms with Crippen molar-refractivity contribution in [1.29, 1.82) is 0 Å². The Morgan fingerprint density at radius 3 is 2.56 bits per heavy atom. The first kappa shape index (κ1) is 12.8. The SMILES string of the molecule is CNCCN(C)C(=O)NC(C(=O)O)C1CC1. The number of hydrogen-bond acceptors (Lipinski definition) is 3. The van der Waals surface area contributed by atoms with Gasteiger partial charge in [0.1, 0.15) is 6.04 Å². The van der Waals surface area contributed by atoms with E-state index in [2.05, 4.69) is 10.6 Å². The van der Waals surface area contributed by atoms with Crippen LogP contribution in [0.15, 0.2) is 0 Å². The van der Waals surface area contributed by atoms with Gasteiger partial charge in [0, 0.05) is 20.1 Å². The summed E-state index contributed by atoms with van der Waals surface area (Å²) < 4.78 is 0. The summed E-state index contributed by atoms with van der Waals surface area (Å²) in [6, 6.07) is -1.06. The highest BCUT2D eigenvalue weighted by Crippen LogP contribution is 2.32. The van der Waals surface area contributed by atoms with Crippen LogP contribution in [-0.2, 0) is 4.79 Å². The van der Waals surface area contributed by atoms with Crippen LogP contribution in [0.2, 0.25) is 0 Å². The largest absolute Gasteiger partial charge is 0.480 e. The van der Waals surface area contributed by atoms with Crippen LogP contribution in [0.3, 0.4) is 0 Å². The maximum absolute atomic E-state index is 11.6. The minimum absolute atomic E-state index is 0.110. The zero-order valence-corrected chi connectivity index (χ0v) is 9.69. The van der Waals surface area contributed by atoms with E-state index in [1.807, 2.05) is 0 Å². The van der Waals surface area contributed by atoms with E-state index in [0.717, 1.165) is 12.8 Å². The molecule has 1 aliphatic carbocycles. The van der Waals surface area contributed by atoms with E-state index in [0.29, 0.717) is 13.1 Å². The summed E-state index contributed by atoms with van der Waals surface area (Å²) in [5.74, 6) is -0.836. The van der Waals surface area contributed by atoms with Gasteiger partial charge in [-0.1, -0.05) is 0 Å². The topological polar surface area (TPSA) is 81.7 Å². The Labute approximate surface area is 95.0 Å². The Bertz CT molecular complexity index is 266. The molecule has 16 heavy (non-hydrogen) atoms. The molecule has 0 aliphatic heterocycles. The van der Waals surface area contributed by atoms with Crippen LogP contribution < -0.4 is 10.6 Å². The van der Waals surface area contributed by atoms with E-state index in [1.54, 1.807) is 14.1 Å². The Morgan fingerprint density at radius 1 is 1.50 bits per heavy atom. The van der Waals surface area contributed by atoms with Gasteiger partial charge in [-0.2, -0.15) is 0 Å². The van der Waals surface area contributed by atoms with Crippen LogP contribution in [0.1, 0.15) is 12.8 Å². The van der Waals surface area contributed by atoms with Crippen LogP contribution in [0.5, 0.6) is 0 Å². The third-order valence-electron chi connectivity index (χ3n) is 2.68. The molecule has 1 unspecified atom stereocenters. The molecule has 6 heteroatoms. The number of nitrogens with one attached hydrogen (secondary N) is 2. The number of urea groups is 1. The van der Waals surface area contributed by atoms with Gasteiger partial charge in [-0.3, -0.25) is 0 Å². The van der Waals surface area contributed by atoms with Gasteiger partial charge in [-0.05, 0) is 25.8 Å². The lowest BCUT2D eigenvalue weighted by atomic mass is 10.2. The summed E-state index contributed by atoms with van der Waals surface area (Å²) in [6.45, 7) is 1.24. The molecule has 2 amide bonds. The molecule has 3 N–H and O–H groups in total. The summed E-state index contributed by atoms with van der Waals surface area (Å²) in [6.07, 6.45) is 1.77. The molecule has 0 aromatic heterocycles. The summed E-state index contributed by atoms with van der Waals surface area (Å²) in [5, 5.41) is 14.4. The van der Waals surface area contributed by atoms with Gasteiger partial charge < -0.3 is 20.6 Å². The van der Waals surface area contributed by atoms with Gasteiger partial charge in [-0.25, -0.2) is 9.59 Å². The van der Waals surface area contributed by atoms with Crippen molar-refractivity contribution in [2.24, 2.45) is 5.92 Å². The highest BCUT2D eigenvalue weighted by Gasteiger charge is 2.37. The molecule has 0 spiro atoms. The number of aliphatic carboxylic acids is 1. The summed E-state index contributed by atoms with van der Waals surface area (Å²) in [7, 11) is 3.45. The predicted octanol–water partition coefficient (Wildman–Crippen LogP) is -0.290. The molecular weight excluding hydrogens is 210 g/mol. The molecule has 0 aromatic carbocycles. The number of carbonyl (C=O) groups is 2. The normalized spacial score (nSPS) is 16.6. The fraction of sp³-hybridized carbons (Fsp3) is 0.800. The van der Waals surface area contributed by atoms with E-state index in [1.165, 1.54) is 4.90 Å². The molecule has 6 nitrogen and oxygen atoms in total. The monoisotopic (exact) mass is 229 g/mol. The molecule has 1 aliphatic rings. The van der Waals surface area contributed by atoms with Crippen molar-refractivity contribution in [3.63, 3.8) is 0 Å². The molecule has 1 fully saturated rings. The van der Waals surface area contributed by atoms with Crippen molar-refractivity contribution in [3.8, 4) is 0 Å². The lowest BCUT2D eigenvalue weighted by Gasteiger charge is -2.21. The zero-order valence-electron chi connectivity index (χ0n) is 9.69. The first-order valence-electron chi connectivity index (χ1n) is 5.45. The minimum atomic E-state index is -0.946. The third-order valence-corrected chi connectivity index (χ3v) is 2.68. The Kier molecular flexibility index (Phi) is 4.54. The first-order chi connectivity index (χ1) is 7.56. The van der Waals surface area contributed by atoms with Crippen LogP contribution >= 0.6 is 0 Å². The summed E-state index contributed by atoms with van der Waals surface area (Å²) in [4.78, 5) is 24.0. The number of carbonyl (C=O) groups excluding carboxylic acids is 1. The van der Waals surface area contributed by atoms with Gasteiger partial charge in [0.2, 0.25) is 0 Å².